The van der Waals surface area contributed by atoms with Gasteiger partial charge in [0.2, 0.25) is 0 Å². The Morgan fingerprint density at radius 1 is 1.24 bits per heavy atom. The molecule has 3 aliphatic rings. The Hall–Kier alpha value is -0.120. The third-order valence-corrected chi connectivity index (χ3v) is 4.74. The van der Waals surface area contributed by atoms with Crippen LogP contribution in [-0.2, 0) is 4.74 Å². The van der Waals surface area contributed by atoms with Gasteiger partial charge in [0.1, 0.15) is 0 Å². The van der Waals surface area contributed by atoms with E-state index in [4.69, 9.17) is 4.74 Å². The average Bonchev–Trinajstić information content (AvgIpc) is 2.62. The van der Waals surface area contributed by atoms with Gasteiger partial charge in [-0.3, -0.25) is 0 Å². The summed E-state index contributed by atoms with van der Waals surface area (Å²) in [6.45, 7) is 6.56. The van der Waals surface area contributed by atoms with Gasteiger partial charge in [0.25, 0.3) is 0 Å². The van der Waals surface area contributed by atoms with Gasteiger partial charge in [-0.25, -0.2) is 0 Å². The molecular weight excluding hydrogens is 212 g/mol. The molecule has 17 heavy (non-hydrogen) atoms. The molecule has 3 atom stereocenters. The molecule has 3 rings (SSSR count). The highest BCUT2D eigenvalue weighted by atomic mass is 16.5. The van der Waals surface area contributed by atoms with Crippen LogP contribution < -0.4 is 10.6 Å². The Morgan fingerprint density at radius 2 is 1.94 bits per heavy atom. The van der Waals surface area contributed by atoms with Crippen LogP contribution in [0.5, 0.6) is 0 Å². The van der Waals surface area contributed by atoms with E-state index in [1.54, 1.807) is 0 Å². The lowest BCUT2D eigenvalue weighted by atomic mass is 9.77. The van der Waals surface area contributed by atoms with Gasteiger partial charge < -0.3 is 15.4 Å². The van der Waals surface area contributed by atoms with Crippen molar-refractivity contribution in [3.05, 3.63) is 0 Å². The van der Waals surface area contributed by atoms with Crippen LogP contribution in [0.4, 0.5) is 0 Å². The van der Waals surface area contributed by atoms with E-state index in [1.165, 1.54) is 32.1 Å². The SMILES string of the molecule is CC(C)CC1NCCOC12CC1CCC(C2)N1. The molecule has 0 aromatic heterocycles. The van der Waals surface area contributed by atoms with Crippen molar-refractivity contribution in [1.82, 2.24) is 10.6 Å². The van der Waals surface area contributed by atoms with Crippen LogP contribution in [0, 0.1) is 5.92 Å². The summed E-state index contributed by atoms with van der Waals surface area (Å²) in [5.41, 5.74) is 0.138. The van der Waals surface area contributed by atoms with Crippen LogP contribution in [0.3, 0.4) is 0 Å². The number of rotatable bonds is 2. The average molecular weight is 238 g/mol. The van der Waals surface area contributed by atoms with Crippen LogP contribution in [0.25, 0.3) is 0 Å². The number of nitrogens with one attached hydrogen (secondary N) is 2. The van der Waals surface area contributed by atoms with Crippen LogP contribution in [0.15, 0.2) is 0 Å². The Bertz CT molecular complexity index is 267. The summed E-state index contributed by atoms with van der Waals surface area (Å²) in [5.74, 6) is 0.749. The molecular formula is C14H26N2O. The standard InChI is InChI=1S/C14H26N2O/c1-10(2)7-13-14(17-6-5-15-13)8-11-3-4-12(9-14)16-11/h10-13,15-16H,3-9H2,1-2H3. The molecule has 2 bridgehead atoms. The van der Waals surface area contributed by atoms with Crippen molar-refractivity contribution in [2.24, 2.45) is 5.92 Å². The lowest BCUT2D eigenvalue weighted by Gasteiger charge is -2.49. The molecule has 0 aromatic rings. The van der Waals surface area contributed by atoms with Crippen molar-refractivity contribution in [1.29, 1.82) is 0 Å². The molecule has 3 aliphatic heterocycles. The first kappa shape index (κ1) is 11.9. The predicted molar refractivity (Wildman–Crippen MR) is 69.1 cm³/mol. The van der Waals surface area contributed by atoms with Gasteiger partial charge in [-0.2, -0.15) is 0 Å². The maximum Gasteiger partial charge on any atom is 0.0865 e. The monoisotopic (exact) mass is 238 g/mol. The van der Waals surface area contributed by atoms with E-state index in [9.17, 15) is 0 Å². The molecule has 3 saturated heterocycles. The maximum atomic E-state index is 6.30. The van der Waals surface area contributed by atoms with Crippen LogP contribution >= 0.6 is 0 Å². The molecule has 0 amide bonds. The van der Waals surface area contributed by atoms with E-state index in [0.29, 0.717) is 18.1 Å². The first-order chi connectivity index (χ1) is 8.18. The fraction of sp³-hybridized carbons (Fsp3) is 1.00. The Balaban J connectivity index is 1.77. The Kier molecular flexibility index (Phi) is 3.18. The maximum absolute atomic E-state index is 6.30. The first-order valence-electron chi connectivity index (χ1n) is 7.31. The molecule has 3 unspecified atom stereocenters. The van der Waals surface area contributed by atoms with Gasteiger partial charge in [0, 0.05) is 24.7 Å². The molecule has 0 aromatic carbocycles. The molecule has 0 aliphatic carbocycles. The minimum Gasteiger partial charge on any atom is -0.372 e. The second-order valence-corrected chi connectivity index (χ2v) is 6.60. The predicted octanol–water partition coefficient (Wildman–Crippen LogP) is 1.67. The number of ether oxygens (including phenoxy) is 1. The number of fused-ring (bicyclic) bond motifs is 2. The molecule has 3 fully saturated rings. The molecule has 0 saturated carbocycles. The van der Waals surface area contributed by atoms with E-state index >= 15 is 0 Å². The molecule has 0 radical (unpaired) electrons. The first-order valence-corrected chi connectivity index (χ1v) is 7.31. The number of morpholine rings is 1. The zero-order chi connectivity index (χ0) is 11.9. The van der Waals surface area contributed by atoms with E-state index in [1.807, 2.05) is 0 Å². The van der Waals surface area contributed by atoms with Crippen LogP contribution in [0.1, 0.15) is 46.0 Å². The summed E-state index contributed by atoms with van der Waals surface area (Å²) >= 11 is 0. The summed E-state index contributed by atoms with van der Waals surface area (Å²) in [4.78, 5) is 0. The number of hydrogen-bond donors (Lipinski definition) is 2. The van der Waals surface area contributed by atoms with E-state index in [-0.39, 0.29) is 5.60 Å². The third kappa shape index (κ3) is 2.25. The molecule has 98 valence electrons. The second kappa shape index (κ2) is 4.52. The lowest BCUT2D eigenvalue weighted by Crippen LogP contribution is -2.64. The van der Waals surface area contributed by atoms with Gasteiger partial charge >= 0.3 is 0 Å². The minimum absolute atomic E-state index is 0.138. The summed E-state index contributed by atoms with van der Waals surface area (Å²) in [5, 5.41) is 7.46. The normalized spacial score (nSPS) is 45.7. The second-order valence-electron chi connectivity index (χ2n) is 6.60. The summed E-state index contributed by atoms with van der Waals surface area (Å²) in [6, 6.07) is 1.99. The highest BCUT2D eigenvalue weighted by Crippen LogP contribution is 2.41. The molecule has 1 spiro atoms. The largest absolute Gasteiger partial charge is 0.372 e. The quantitative estimate of drug-likeness (QED) is 0.768. The van der Waals surface area contributed by atoms with Crippen molar-refractivity contribution in [2.75, 3.05) is 13.2 Å². The zero-order valence-electron chi connectivity index (χ0n) is 11.2. The van der Waals surface area contributed by atoms with Gasteiger partial charge in [0.15, 0.2) is 0 Å². The smallest absolute Gasteiger partial charge is 0.0865 e. The lowest BCUT2D eigenvalue weighted by molar-refractivity contribution is -0.126. The highest BCUT2D eigenvalue weighted by Gasteiger charge is 2.50. The Labute approximate surface area is 105 Å². The van der Waals surface area contributed by atoms with E-state index < -0.39 is 0 Å². The van der Waals surface area contributed by atoms with E-state index in [0.717, 1.165) is 19.1 Å². The fourth-order valence-electron chi connectivity index (χ4n) is 4.09. The van der Waals surface area contributed by atoms with Crippen molar-refractivity contribution < 1.29 is 4.74 Å². The van der Waals surface area contributed by atoms with Crippen LogP contribution in [-0.4, -0.2) is 36.9 Å². The summed E-state index contributed by atoms with van der Waals surface area (Å²) < 4.78 is 6.30. The van der Waals surface area contributed by atoms with Crippen molar-refractivity contribution in [2.45, 2.75) is 69.7 Å². The fourth-order valence-corrected chi connectivity index (χ4v) is 4.09. The topological polar surface area (TPSA) is 33.3 Å². The van der Waals surface area contributed by atoms with Gasteiger partial charge in [-0.15, -0.1) is 0 Å². The molecule has 3 nitrogen and oxygen atoms in total. The van der Waals surface area contributed by atoms with Gasteiger partial charge in [-0.1, -0.05) is 13.8 Å². The number of hydrogen-bond acceptors (Lipinski definition) is 3. The Morgan fingerprint density at radius 3 is 2.59 bits per heavy atom. The van der Waals surface area contributed by atoms with Crippen molar-refractivity contribution in [3.8, 4) is 0 Å². The van der Waals surface area contributed by atoms with E-state index in [2.05, 4.69) is 24.5 Å². The van der Waals surface area contributed by atoms with Gasteiger partial charge in [-0.05, 0) is 38.0 Å². The molecule has 3 heterocycles. The highest BCUT2D eigenvalue weighted by molar-refractivity contribution is 5.07. The van der Waals surface area contributed by atoms with Crippen molar-refractivity contribution in [3.63, 3.8) is 0 Å². The van der Waals surface area contributed by atoms with Crippen LogP contribution in [0.2, 0.25) is 0 Å². The van der Waals surface area contributed by atoms with Gasteiger partial charge in [0.05, 0.1) is 12.2 Å². The zero-order valence-corrected chi connectivity index (χ0v) is 11.2. The third-order valence-electron chi connectivity index (χ3n) is 4.74. The molecule has 2 N–H and O–H groups in total. The minimum atomic E-state index is 0.138. The number of piperidine rings is 1. The summed E-state index contributed by atoms with van der Waals surface area (Å²) in [6.07, 6.45) is 6.38. The summed E-state index contributed by atoms with van der Waals surface area (Å²) in [7, 11) is 0. The van der Waals surface area contributed by atoms with Crippen molar-refractivity contribution >= 4 is 0 Å². The molecule has 3 heteroatoms.